The highest BCUT2D eigenvalue weighted by Crippen LogP contribution is 2.36. The topological polar surface area (TPSA) is 59.5 Å². The van der Waals surface area contributed by atoms with E-state index >= 15 is 0 Å². The van der Waals surface area contributed by atoms with Crippen LogP contribution in [0.1, 0.15) is 30.0 Å². The van der Waals surface area contributed by atoms with E-state index in [9.17, 15) is 8.42 Å². The highest BCUT2D eigenvalue weighted by atomic mass is 32.2. The zero-order chi connectivity index (χ0) is 16.4. The first-order chi connectivity index (χ1) is 11.0. The largest absolute Gasteiger partial charge is 0.481 e. The third-order valence-electron chi connectivity index (χ3n) is 4.18. The van der Waals surface area contributed by atoms with E-state index < -0.39 is 10.0 Å². The van der Waals surface area contributed by atoms with Gasteiger partial charge in [-0.3, -0.25) is 0 Å². The molecule has 1 fully saturated rings. The van der Waals surface area contributed by atoms with Crippen LogP contribution in [0.3, 0.4) is 0 Å². The van der Waals surface area contributed by atoms with Crippen molar-refractivity contribution >= 4 is 10.0 Å². The number of aryl methyl sites for hydroxylation is 1. The van der Waals surface area contributed by atoms with Gasteiger partial charge < -0.3 is 4.74 Å². The summed E-state index contributed by atoms with van der Waals surface area (Å²) in [4.78, 5) is 4.54. The molecule has 0 N–H and O–H groups in total. The van der Waals surface area contributed by atoms with Gasteiger partial charge in [0.05, 0.1) is 18.0 Å². The van der Waals surface area contributed by atoms with Gasteiger partial charge in [0, 0.05) is 18.8 Å². The first-order valence-electron chi connectivity index (χ1n) is 7.61. The molecule has 122 valence electrons. The van der Waals surface area contributed by atoms with Crippen LogP contribution in [0.4, 0.5) is 0 Å². The maximum Gasteiger partial charge on any atom is 0.243 e. The number of ether oxygens (including phenoxy) is 1. The summed E-state index contributed by atoms with van der Waals surface area (Å²) in [6, 6.07) is 10.5. The Kier molecular flexibility index (Phi) is 4.37. The molecule has 23 heavy (non-hydrogen) atoms. The maximum atomic E-state index is 12.9. The minimum atomic E-state index is -3.49. The van der Waals surface area contributed by atoms with Crippen molar-refractivity contribution in [2.45, 2.75) is 30.7 Å². The second-order valence-corrected chi connectivity index (χ2v) is 7.61. The van der Waals surface area contributed by atoms with Gasteiger partial charge in [-0.25, -0.2) is 13.4 Å². The molecule has 1 aromatic carbocycles. The van der Waals surface area contributed by atoms with Crippen molar-refractivity contribution in [3.05, 3.63) is 53.7 Å². The van der Waals surface area contributed by atoms with Crippen molar-refractivity contribution in [2.24, 2.45) is 0 Å². The van der Waals surface area contributed by atoms with Gasteiger partial charge in [0.25, 0.3) is 0 Å². The zero-order valence-electron chi connectivity index (χ0n) is 13.3. The van der Waals surface area contributed by atoms with Crippen LogP contribution in [-0.2, 0) is 10.0 Å². The van der Waals surface area contributed by atoms with E-state index in [1.807, 2.05) is 25.1 Å². The van der Waals surface area contributed by atoms with Crippen LogP contribution in [0.5, 0.6) is 5.88 Å². The fraction of sp³-hybridized carbons (Fsp3) is 0.353. The lowest BCUT2D eigenvalue weighted by Crippen LogP contribution is -2.30. The van der Waals surface area contributed by atoms with Crippen molar-refractivity contribution in [2.75, 3.05) is 13.7 Å². The molecular formula is C17H20N2O3S. The van der Waals surface area contributed by atoms with Gasteiger partial charge in [-0.1, -0.05) is 23.8 Å². The second-order valence-electron chi connectivity index (χ2n) is 5.72. The SMILES string of the molecule is COc1ccc(C2CCCN2S(=O)(=O)c2ccc(C)cc2)cn1. The number of rotatable bonds is 4. The summed E-state index contributed by atoms with van der Waals surface area (Å²) >= 11 is 0. The molecule has 3 rings (SSSR count). The second kappa shape index (κ2) is 6.29. The van der Waals surface area contributed by atoms with Crippen molar-refractivity contribution < 1.29 is 13.2 Å². The summed E-state index contributed by atoms with van der Waals surface area (Å²) in [6.45, 7) is 2.48. The van der Waals surface area contributed by atoms with Crippen molar-refractivity contribution in [1.29, 1.82) is 0 Å². The van der Waals surface area contributed by atoms with Crippen molar-refractivity contribution in [3.63, 3.8) is 0 Å². The summed E-state index contributed by atoms with van der Waals surface area (Å²) in [5, 5.41) is 0. The Bertz CT molecular complexity index is 770. The van der Waals surface area contributed by atoms with Gasteiger partial charge in [-0.15, -0.1) is 0 Å². The Morgan fingerprint density at radius 3 is 2.52 bits per heavy atom. The molecule has 1 aromatic heterocycles. The molecule has 1 atom stereocenters. The molecule has 2 heterocycles. The minimum absolute atomic E-state index is 0.167. The molecule has 1 unspecified atom stereocenters. The van der Waals surface area contributed by atoms with E-state index in [1.54, 1.807) is 35.8 Å². The zero-order valence-corrected chi connectivity index (χ0v) is 14.1. The molecule has 0 aliphatic carbocycles. The lowest BCUT2D eigenvalue weighted by Gasteiger charge is -2.24. The highest BCUT2D eigenvalue weighted by Gasteiger charge is 2.36. The molecule has 1 saturated heterocycles. The molecule has 0 amide bonds. The van der Waals surface area contributed by atoms with E-state index in [1.165, 1.54) is 0 Å². The number of sulfonamides is 1. The maximum absolute atomic E-state index is 12.9. The fourth-order valence-electron chi connectivity index (χ4n) is 2.92. The standard InChI is InChI=1S/C17H20N2O3S/c1-13-5-8-15(9-6-13)23(20,21)19-11-3-4-16(19)14-7-10-17(22-2)18-12-14/h5-10,12,16H,3-4,11H2,1-2H3. The molecule has 5 nitrogen and oxygen atoms in total. The van der Waals surface area contributed by atoms with E-state index in [0.29, 0.717) is 17.3 Å². The number of methoxy groups -OCH3 is 1. The summed E-state index contributed by atoms with van der Waals surface area (Å²) in [5.41, 5.74) is 1.94. The third-order valence-corrected chi connectivity index (χ3v) is 6.11. The van der Waals surface area contributed by atoms with Gasteiger partial charge in [0.2, 0.25) is 15.9 Å². The number of hydrogen-bond acceptors (Lipinski definition) is 4. The van der Waals surface area contributed by atoms with E-state index in [2.05, 4.69) is 4.98 Å². The Balaban J connectivity index is 1.92. The van der Waals surface area contributed by atoms with Crippen LogP contribution in [0, 0.1) is 6.92 Å². The van der Waals surface area contributed by atoms with E-state index in [4.69, 9.17) is 4.74 Å². The molecular weight excluding hydrogens is 312 g/mol. The number of benzene rings is 1. The molecule has 0 saturated carbocycles. The molecule has 2 aromatic rings. The summed E-state index contributed by atoms with van der Waals surface area (Å²) in [6.07, 6.45) is 3.35. The minimum Gasteiger partial charge on any atom is -0.481 e. The predicted octanol–water partition coefficient (Wildman–Crippen LogP) is 2.92. The van der Waals surface area contributed by atoms with Crippen LogP contribution in [0.15, 0.2) is 47.5 Å². The smallest absolute Gasteiger partial charge is 0.243 e. The normalized spacial score (nSPS) is 19.0. The van der Waals surface area contributed by atoms with Gasteiger partial charge in [-0.05, 0) is 37.5 Å². The first kappa shape index (κ1) is 16.0. The molecule has 0 radical (unpaired) electrons. The summed E-state index contributed by atoms with van der Waals surface area (Å²) in [5.74, 6) is 0.527. The fourth-order valence-corrected chi connectivity index (χ4v) is 4.60. The lowest BCUT2D eigenvalue weighted by molar-refractivity contribution is 0.387. The number of pyridine rings is 1. The van der Waals surface area contributed by atoms with Crippen LogP contribution in [0.25, 0.3) is 0 Å². The summed E-state index contributed by atoms with van der Waals surface area (Å²) in [7, 11) is -1.93. The molecule has 1 aliphatic heterocycles. The molecule has 6 heteroatoms. The Morgan fingerprint density at radius 1 is 1.17 bits per heavy atom. The van der Waals surface area contributed by atoms with Crippen LogP contribution in [0.2, 0.25) is 0 Å². The van der Waals surface area contributed by atoms with E-state index in [0.717, 1.165) is 24.0 Å². The first-order valence-corrected chi connectivity index (χ1v) is 9.05. The van der Waals surface area contributed by atoms with E-state index in [-0.39, 0.29) is 6.04 Å². The lowest BCUT2D eigenvalue weighted by atomic mass is 10.1. The Morgan fingerprint density at radius 2 is 1.91 bits per heavy atom. The predicted molar refractivity (Wildman–Crippen MR) is 87.8 cm³/mol. The molecule has 0 spiro atoms. The van der Waals surface area contributed by atoms with Gasteiger partial charge in [0.15, 0.2) is 0 Å². The number of nitrogens with zero attached hydrogens (tertiary/aromatic N) is 2. The van der Waals surface area contributed by atoms with Gasteiger partial charge >= 0.3 is 0 Å². The van der Waals surface area contributed by atoms with Crippen LogP contribution >= 0.6 is 0 Å². The Labute approximate surface area is 137 Å². The van der Waals surface area contributed by atoms with Gasteiger partial charge in [0.1, 0.15) is 0 Å². The molecule has 0 bridgehead atoms. The highest BCUT2D eigenvalue weighted by molar-refractivity contribution is 7.89. The third kappa shape index (κ3) is 3.09. The molecule has 1 aliphatic rings. The van der Waals surface area contributed by atoms with Crippen molar-refractivity contribution in [1.82, 2.24) is 9.29 Å². The van der Waals surface area contributed by atoms with Crippen LogP contribution in [-0.4, -0.2) is 31.4 Å². The number of aromatic nitrogens is 1. The monoisotopic (exact) mass is 332 g/mol. The summed E-state index contributed by atoms with van der Waals surface area (Å²) < 4.78 is 32.5. The Hall–Kier alpha value is -1.92. The average Bonchev–Trinajstić information content (AvgIpc) is 3.06. The van der Waals surface area contributed by atoms with Gasteiger partial charge in [-0.2, -0.15) is 4.31 Å². The van der Waals surface area contributed by atoms with Crippen LogP contribution < -0.4 is 4.74 Å². The average molecular weight is 332 g/mol. The van der Waals surface area contributed by atoms with Crippen molar-refractivity contribution in [3.8, 4) is 5.88 Å². The number of hydrogen-bond donors (Lipinski definition) is 0. The quantitative estimate of drug-likeness (QED) is 0.864.